The van der Waals surface area contributed by atoms with E-state index in [-0.39, 0.29) is 11.9 Å². The van der Waals surface area contributed by atoms with Crippen molar-refractivity contribution >= 4 is 11.8 Å². The van der Waals surface area contributed by atoms with E-state index in [9.17, 15) is 9.18 Å². The number of hydrogen-bond acceptors (Lipinski definition) is 3. The number of carbonyl (C=O) groups is 1. The third-order valence-electron chi connectivity index (χ3n) is 3.61. The molecule has 1 fully saturated rings. The van der Waals surface area contributed by atoms with Gasteiger partial charge >= 0.3 is 6.09 Å². The van der Waals surface area contributed by atoms with E-state index in [1.807, 2.05) is 20.8 Å². The van der Waals surface area contributed by atoms with Gasteiger partial charge in [0, 0.05) is 25.3 Å². The zero-order valence-corrected chi connectivity index (χ0v) is 13.6. The second-order valence-electron chi connectivity index (χ2n) is 6.82. The van der Waals surface area contributed by atoms with E-state index >= 15 is 0 Å². The lowest BCUT2D eigenvalue weighted by molar-refractivity contribution is 0.0172. The topological polar surface area (TPSA) is 41.6 Å². The molecule has 0 radical (unpaired) electrons. The lowest BCUT2D eigenvalue weighted by atomic mass is 9.98. The number of piperidine rings is 1. The number of ether oxygens (including phenoxy) is 1. The van der Waals surface area contributed by atoms with Gasteiger partial charge in [0.05, 0.1) is 0 Å². The first-order valence-electron chi connectivity index (χ1n) is 7.81. The first kappa shape index (κ1) is 16.6. The lowest BCUT2D eigenvalue weighted by Crippen LogP contribution is -2.44. The zero-order valence-electron chi connectivity index (χ0n) is 13.6. The Labute approximate surface area is 131 Å². The van der Waals surface area contributed by atoms with E-state index in [1.54, 1.807) is 17.0 Å². The molecule has 1 saturated heterocycles. The van der Waals surface area contributed by atoms with Gasteiger partial charge in [-0.15, -0.1) is 0 Å². The van der Waals surface area contributed by atoms with Crippen LogP contribution < -0.4 is 5.32 Å². The summed E-state index contributed by atoms with van der Waals surface area (Å²) in [6.07, 6.45) is 1.82. The summed E-state index contributed by atoms with van der Waals surface area (Å²) in [4.78, 5) is 13.9. The molecule has 2 rings (SSSR count). The molecule has 122 valence electrons. The van der Waals surface area contributed by atoms with Crippen molar-refractivity contribution in [3.05, 3.63) is 30.1 Å². The summed E-state index contributed by atoms with van der Waals surface area (Å²) >= 11 is 0. The molecule has 0 aliphatic carbocycles. The fourth-order valence-corrected chi connectivity index (χ4v) is 2.55. The normalized spacial score (nSPS) is 18.9. The summed E-state index contributed by atoms with van der Waals surface area (Å²) in [5.74, 6) is 0.144. The Balaban J connectivity index is 1.82. The second-order valence-corrected chi connectivity index (χ2v) is 6.82. The first-order valence-corrected chi connectivity index (χ1v) is 7.81. The summed E-state index contributed by atoms with van der Waals surface area (Å²) < 4.78 is 18.3. The van der Waals surface area contributed by atoms with Crippen molar-refractivity contribution in [3.63, 3.8) is 0 Å². The fraction of sp³-hybridized carbons (Fsp3) is 0.588. The molecular formula is C17H25FN2O2. The van der Waals surface area contributed by atoms with Crippen molar-refractivity contribution < 1.29 is 13.9 Å². The molecular weight excluding hydrogens is 283 g/mol. The summed E-state index contributed by atoms with van der Waals surface area (Å²) in [5.41, 5.74) is 0.437. The van der Waals surface area contributed by atoms with Gasteiger partial charge in [0.2, 0.25) is 0 Å². The maximum Gasteiger partial charge on any atom is 0.410 e. The molecule has 0 saturated carbocycles. The van der Waals surface area contributed by atoms with E-state index < -0.39 is 5.60 Å². The molecule has 1 heterocycles. The number of rotatable bonds is 3. The number of hydrogen-bond donors (Lipinski definition) is 1. The molecule has 4 nitrogen and oxygen atoms in total. The van der Waals surface area contributed by atoms with Crippen LogP contribution >= 0.6 is 0 Å². The van der Waals surface area contributed by atoms with Gasteiger partial charge < -0.3 is 15.0 Å². The third-order valence-corrected chi connectivity index (χ3v) is 3.61. The van der Waals surface area contributed by atoms with Crippen LogP contribution in [-0.4, -0.2) is 36.2 Å². The van der Waals surface area contributed by atoms with Gasteiger partial charge in [-0.05, 0) is 63.8 Å². The highest BCUT2D eigenvalue weighted by atomic mass is 19.1. The van der Waals surface area contributed by atoms with Crippen LogP contribution in [0.4, 0.5) is 14.9 Å². The van der Waals surface area contributed by atoms with E-state index in [2.05, 4.69) is 5.32 Å². The molecule has 22 heavy (non-hydrogen) atoms. The average molecular weight is 308 g/mol. The highest BCUT2D eigenvalue weighted by molar-refractivity contribution is 5.68. The predicted molar refractivity (Wildman–Crippen MR) is 85.4 cm³/mol. The first-order chi connectivity index (χ1) is 10.3. The van der Waals surface area contributed by atoms with Gasteiger partial charge in [-0.25, -0.2) is 9.18 Å². The van der Waals surface area contributed by atoms with E-state index in [1.165, 1.54) is 12.1 Å². The minimum absolute atomic E-state index is 0.237. The summed E-state index contributed by atoms with van der Waals surface area (Å²) in [5, 5.41) is 3.30. The molecule has 1 N–H and O–H groups in total. The van der Waals surface area contributed by atoms with E-state index in [4.69, 9.17) is 4.74 Å². The molecule has 0 spiro atoms. The maximum absolute atomic E-state index is 12.9. The highest BCUT2D eigenvalue weighted by Crippen LogP contribution is 2.20. The van der Waals surface area contributed by atoms with Crippen LogP contribution in [0, 0.1) is 11.7 Å². The van der Waals surface area contributed by atoms with Crippen LogP contribution in [0.5, 0.6) is 0 Å². The Hall–Kier alpha value is -1.78. The molecule has 1 atom stereocenters. The Morgan fingerprint density at radius 1 is 1.36 bits per heavy atom. The van der Waals surface area contributed by atoms with Gasteiger partial charge in [0.1, 0.15) is 11.4 Å². The van der Waals surface area contributed by atoms with Crippen LogP contribution in [0.3, 0.4) is 0 Å². The van der Waals surface area contributed by atoms with Crippen LogP contribution in [-0.2, 0) is 4.74 Å². The van der Waals surface area contributed by atoms with Crippen molar-refractivity contribution in [3.8, 4) is 0 Å². The zero-order chi connectivity index (χ0) is 16.2. The summed E-state index contributed by atoms with van der Waals surface area (Å²) in [7, 11) is 0. The molecule has 1 aromatic rings. The van der Waals surface area contributed by atoms with Crippen molar-refractivity contribution in [2.75, 3.05) is 25.0 Å². The number of anilines is 1. The molecule has 0 aromatic heterocycles. The Morgan fingerprint density at radius 2 is 2.05 bits per heavy atom. The number of nitrogens with one attached hydrogen (secondary N) is 1. The van der Waals surface area contributed by atoms with Crippen molar-refractivity contribution in [2.24, 2.45) is 5.92 Å². The van der Waals surface area contributed by atoms with E-state index in [0.29, 0.717) is 12.5 Å². The monoisotopic (exact) mass is 308 g/mol. The van der Waals surface area contributed by atoms with Crippen LogP contribution in [0.2, 0.25) is 0 Å². The Bertz CT molecular complexity index is 496. The Kier molecular flexibility index (Phi) is 5.27. The van der Waals surface area contributed by atoms with Gasteiger partial charge in [0.25, 0.3) is 0 Å². The van der Waals surface area contributed by atoms with Gasteiger partial charge in [-0.3, -0.25) is 0 Å². The highest BCUT2D eigenvalue weighted by Gasteiger charge is 2.27. The Morgan fingerprint density at radius 3 is 2.68 bits per heavy atom. The summed E-state index contributed by atoms with van der Waals surface area (Å²) in [6.45, 7) is 7.85. The smallest absolute Gasteiger partial charge is 0.410 e. The predicted octanol–water partition coefficient (Wildman–Crippen LogP) is 3.88. The molecule has 0 unspecified atom stereocenters. The number of amides is 1. The van der Waals surface area contributed by atoms with Crippen LogP contribution in [0.25, 0.3) is 0 Å². The lowest BCUT2D eigenvalue weighted by Gasteiger charge is -2.34. The minimum atomic E-state index is -0.462. The minimum Gasteiger partial charge on any atom is -0.444 e. The number of halogens is 1. The van der Waals surface area contributed by atoms with E-state index in [0.717, 1.165) is 31.6 Å². The average Bonchev–Trinajstić information content (AvgIpc) is 2.45. The molecule has 5 heteroatoms. The molecule has 1 aromatic carbocycles. The van der Waals surface area contributed by atoms with Gasteiger partial charge in [0.15, 0.2) is 0 Å². The van der Waals surface area contributed by atoms with Crippen molar-refractivity contribution in [1.82, 2.24) is 4.90 Å². The largest absolute Gasteiger partial charge is 0.444 e. The molecule has 1 aliphatic heterocycles. The SMILES string of the molecule is CC(C)(C)OC(=O)N1CCC[C@@H](CNc2ccc(F)cc2)C1. The number of nitrogens with zero attached hydrogens (tertiary/aromatic N) is 1. The van der Waals surface area contributed by atoms with Crippen LogP contribution in [0.1, 0.15) is 33.6 Å². The van der Waals surface area contributed by atoms with Crippen molar-refractivity contribution in [2.45, 2.75) is 39.2 Å². The number of benzene rings is 1. The second kappa shape index (κ2) is 6.99. The maximum atomic E-state index is 12.9. The number of likely N-dealkylation sites (tertiary alicyclic amines) is 1. The third kappa shape index (κ3) is 5.20. The molecule has 1 aliphatic rings. The van der Waals surface area contributed by atoms with Gasteiger partial charge in [-0.1, -0.05) is 0 Å². The molecule has 1 amide bonds. The molecule has 0 bridgehead atoms. The van der Waals surface area contributed by atoms with Gasteiger partial charge in [-0.2, -0.15) is 0 Å². The standard InChI is InChI=1S/C17H25FN2O2/c1-17(2,3)22-16(21)20-10-4-5-13(12-20)11-19-15-8-6-14(18)7-9-15/h6-9,13,19H,4-5,10-12H2,1-3H3/t13-/m0/s1. The quantitative estimate of drug-likeness (QED) is 0.921. The summed E-state index contributed by atoms with van der Waals surface area (Å²) in [6, 6.07) is 6.33. The fourth-order valence-electron chi connectivity index (χ4n) is 2.55. The number of carbonyl (C=O) groups excluding carboxylic acids is 1. The van der Waals surface area contributed by atoms with Crippen molar-refractivity contribution in [1.29, 1.82) is 0 Å². The van der Waals surface area contributed by atoms with Crippen LogP contribution in [0.15, 0.2) is 24.3 Å².